The van der Waals surface area contributed by atoms with E-state index in [1.807, 2.05) is 50.5 Å². The van der Waals surface area contributed by atoms with Crippen LogP contribution in [0.25, 0.3) is 0 Å². The van der Waals surface area contributed by atoms with Crippen molar-refractivity contribution in [2.75, 3.05) is 40.8 Å². The second kappa shape index (κ2) is 10.5. The number of carbonyl (C=O) groups is 1. The van der Waals surface area contributed by atoms with Crippen molar-refractivity contribution in [2.24, 2.45) is 5.92 Å². The Morgan fingerprint density at radius 3 is 2.41 bits per heavy atom. The SMILES string of the molecule is COc1ccc([C@@H](CNC(=O)C2CCN(S(=O)(=O)c3ccc4c(c3)CCC4)CC2)N(C)C)cc1. The highest BCUT2D eigenvalue weighted by atomic mass is 32.2. The van der Waals surface area contributed by atoms with Crippen molar-refractivity contribution in [1.29, 1.82) is 0 Å². The summed E-state index contributed by atoms with van der Waals surface area (Å²) in [5.41, 5.74) is 3.52. The van der Waals surface area contributed by atoms with Gasteiger partial charge in [-0.3, -0.25) is 4.79 Å². The van der Waals surface area contributed by atoms with Crippen LogP contribution in [0, 0.1) is 5.92 Å². The quantitative estimate of drug-likeness (QED) is 0.622. The summed E-state index contributed by atoms with van der Waals surface area (Å²) in [7, 11) is 2.09. The van der Waals surface area contributed by atoms with Crippen molar-refractivity contribution in [1.82, 2.24) is 14.5 Å². The van der Waals surface area contributed by atoms with Crippen LogP contribution in [-0.4, -0.2) is 64.4 Å². The Morgan fingerprint density at radius 2 is 1.76 bits per heavy atom. The zero-order chi connectivity index (χ0) is 24.3. The average Bonchev–Trinajstić information content (AvgIpc) is 3.32. The third kappa shape index (κ3) is 5.29. The van der Waals surface area contributed by atoms with E-state index in [0.29, 0.717) is 37.4 Å². The normalized spacial score (nSPS) is 18.0. The Bertz CT molecular complexity index is 1110. The van der Waals surface area contributed by atoms with Crippen LogP contribution in [0.15, 0.2) is 47.4 Å². The molecule has 1 heterocycles. The predicted octanol–water partition coefficient (Wildman–Crippen LogP) is 3.00. The summed E-state index contributed by atoms with van der Waals surface area (Å²) >= 11 is 0. The molecule has 0 spiro atoms. The zero-order valence-corrected chi connectivity index (χ0v) is 21.1. The summed E-state index contributed by atoms with van der Waals surface area (Å²) in [4.78, 5) is 15.3. The van der Waals surface area contributed by atoms with Crippen LogP contribution >= 0.6 is 0 Å². The van der Waals surface area contributed by atoms with E-state index < -0.39 is 10.0 Å². The fourth-order valence-corrected chi connectivity index (χ4v) is 6.50. The number of methoxy groups -OCH3 is 1. The van der Waals surface area contributed by atoms with Crippen molar-refractivity contribution >= 4 is 15.9 Å². The van der Waals surface area contributed by atoms with Crippen molar-refractivity contribution in [3.8, 4) is 5.75 Å². The lowest BCUT2D eigenvalue weighted by atomic mass is 9.97. The number of rotatable bonds is 8. The predicted molar refractivity (Wildman–Crippen MR) is 132 cm³/mol. The summed E-state index contributed by atoms with van der Waals surface area (Å²) in [6, 6.07) is 13.4. The van der Waals surface area contributed by atoms with Crippen molar-refractivity contribution in [2.45, 2.75) is 43.0 Å². The van der Waals surface area contributed by atoms with Crippen LogP contribution in [0.3, 0.4) is 0 Å². The van der Waals surface area contributed by atoms with Gasteiger partial charge in [0, 0.05) is 25.6 Å². The minimum absolute atomic E-state index is 0.00468. The number of sulfonamides is 1. The van der Waals surface area contributed by atoms with Crippen molar-refractivity contribution < 1.29 is 17.9 Å². The second-order valence-corrected chi connectivity index (χ2v) is 11.4. The van der Waals surface area contributed by atoms with E-state index in [2.05, 4.69) is 10.2 Å². The summed E-state index contributed by atoms with van der Waals surface area (Å²) in [6.45, 7) is 1.23. The molecule has 1 atom stereocenters. The number of amides is 1. The van der Waals surface area contributed by atoms with E-state index in [9.17, 15) is 13.2 Å². The lowest BCUT2D eigenvalue weighted by Crippen LogP contribution is -2.44. The minimum Gasteiger partial charge on any atom is -0.497 e. The number of hydrogen-bond acceptors (Lipinski definition) is 5. The smallest absolute Gasteiger partial charge is 0.243 e. The summed E-state index contributed by atoms with van der Waals surface area (Å²) in [5.74, 6) is 0.618. The number of nitrogens with one attached hydrogen (secondary N) is 1. The van der Waals surface area contributed by atoms with Gasteiger partial charge in [0.25, 0.3) is 0 Å². The molecule has 0 unspecified atom stereocenters. The van der Waals surface area contributed by atoms with Gasteiger partial charge < -0.3 is 15.0 Å². The van der Waals surface area contributed by atoms with Gasteiger partial charge in [-0.05, 0) is 87.2 Å². The minimum atomic E-state index is -3.53. The number of piperidine rings is 1. The Morgan fingerprint density at radius 1 is 1.09 bits per heavy atom. The van der Waals surface area contributed by atoms with Crippen LogP contribution in [0.2, 0.25) is 0 Å². The number of ether oxygens (including phenoxy) is 1. The van der Waals surface area contributed by atoms with Gasteiger partial charge in [-0.25, -0.2) is 8.42 Å². The molecule has 0 saturated carbocycles. The van der Waals surface area contributed by atoms with Crippen LogP contribution in [0.4, 0.5) is 0 Å². The number of likely N-dealkylation sites (N-methyl/N-ethyl adjacent to an activating group) is 1. The van der Waals surface area contributed by atoms with Gasteiger partial charge in [0.2, 0.25) is 15.9 Å². The topological polar surface area (TPSA) is 79.0 Å². The summed E-state index contributed by atoms with van der Waals surface area (Å²) in [5, 5.41) is 3.09. The maximum absolute atomic E-state index is 13.2. The molecule has 7 nitrogen and oxygen atoms in total. The first-order valence-corrected chi connectivity index (χ1v) is 13.4. The van der Waals surface area contributed by atoms with E-state index in [1.165, 1.54) is 9.87 Å². The van der Waals surface area contributed by atoms with Gasteiger partial charge in [0.15, 0.2) is 0 Å². The number of benzene rings is 2. The summed E-state index contributed by atoms with van der Waals surface area (Å²) in [6.07, 6.45) is 4.14. The number of hydrogen-bond donors (Lipinski definition) is 1. The Balaban J connectivity index is 1.33. The molecule has 34 heavy (non-hydrogen) atoms. The third-order valence-electron chi connectivity index (χ3n) is 7.13. The molecular formula is C26H35N3O4S. The Hall–Kier alpha value is -2.42. The first-order valence-electron chi connectivity index (χ1n) is 12.0. The number of carbonyl (C=O) groups excluding carboxylic acids is 1. The Labute approximate surface area is 203 Å². The van der Waals surface area contributed by atoms with E-state index in [1.54, 1.807) is 13.2 Å². The molecule has 1 N–H and O–H groups in total. The maximum atomic E-state index is 13.2. The van der Waals surface area contributed by atoms with E-state index in [0.717, 1.165) is 36.1 Å². The van der Waals surface area contributed by atoms with Crippen LogP contribution in [0.5, 0.6) is 5.75 Å². The van der Waals surface area contributed by atoms with E-state index >= 15 is 0 Å². The summed E-state index contributed by atoms with van der Waals surface area (Å²) < 4.78 is 33.1. The molecule has 0 radical (unpaired) electrons. The molecular weight excluding hydrogens is 450 g/mol. The van der Waals surface area contributed by atoms with Gasteiger partial charge >= 0.3 is 0 Å². The lowest BCUT2D eigenvalue weighted by Gasteiger charge is -2.31. The van der Waals surface area contributed by atoms with Crippen LogP contribution < -0.4 is 10.1 Å². The maximum Gasteiger partial charge on any atom is 0.243 e. The molecule has 2 aromatic carbocycles. The van der Waals surface area contributed by atoms with Crippen LogP contribution in [-0.2, 0) is 27.7 Å². The second-order valence-electron chi connectivity index (χ2n) is 9.46. The standard InChI is InChI=1S/C26H35N3O4S/c1-28(2)25(20-7-10-23(33-3)11-8-20)18-27-26(30)21-13-15-29(16-14-21)34(31,32)24-12-9-19-5-4-6-22(19)17-24/h7-12,17,21,25H,4-6,13-16,18H2,1-3H3,(H,27,30)/t25-/m1/s1. The fourth-order valence-electron chi connectivity index (χ4n) is 4.98. The molecule has 1 aliphatic carbocycles. The zero-order valence-electron chi connectivity index (χ0n) is 20.3. The van der Waals surface area contributed by atoms with Gasteiger partial charge in [0.1, 0.15) is 5.75 Å². The molecule has 1 amide bonds. The molecule has 8 heteroatoms. The molecule has 184 valence electrons. The first kappa shape index (κ1) is 24.7. The highest BCUT2D eigenvalue weighted by molar-refractivity contribution is 7.89. The largest absolute Gasteiger partial charge is 0.497 e. The first-order chi connectivity index (χ1) is 16.3. The van der Waals surface area contributed by atoms with Gasteiger partial charge in [-0.15, -0.1) is 0 Å². The monoisotopic (exact) mass is 485 g/mol. The molecule has 0 bridgehead atoms. The molecule has 1 aliphatic heterocycles. The fraction of sp³-hybridized carbons (Fsp3) is 0.500. The molecule has 4 rings (SSSR count). The van der Waals surface area contributed by atoms with E-state index in [4.69, 9.17) is 4.74 Å². The third-order valence-corrected chi connectivity index (χ3v) is 9.02. The molecule has 0 aromatic heterocycles. The number of nitrogens with zero attached hydrogens (tertiary/aromatic N) is 2. The van der Waals surface area contributed by atoms with Crippen molar-refractivity contribution in [3.63, 3.8) is 0 Å². The number of fused-ring (bicyclic) bond motifs is 1. The molecule has 1 fully saturated rings. The average molecular weight is 486 g/mol. The Kier molecular flexibility index (Phi) is 7.60. The lowest BCUT2D eigenvalue weighted by molar-refractivity contribution is -0.126. The van der Waals surface area contributed by atoms with Gasteiger partial charge in [-0.1, -0.05) is 18.2 Å². The van der Waals surface area contributed by atoms with Crippen LogP contribution in [0.1, 0.15) is 42.0 Å². The highest BCUT2D eigenvalue weighted by Gasteiger charge is 2.33. The molecule has 2 aromatic rings. The highest BCUT2D eigenvalue weighted by Crippen LogP contribution is 2.29. The molecule has 2 aliphatic rings. The van der Waals surface area contributed by atoms with Gasteiger partial charge in [0.05, 0.1) is 18.0 Å². The van der Waals surface area contributed by atoms with Crippen molar-refractivity contribution in [3.05, 3.63) is 59.2 Å². The number of aryl methyl sites for hydroxylation is 2. The van der Waals surface area contributed by atoms with E-state index in [-0.39, 0.29) is 17.9 Å². The molecule has 1 saturated heterocycles. The van der Waals surface area contributed by atoms with Gasteiger partial charge in [-0.2, -0.15) is 4.31 Å².